The van der Waals surface area contributed by atoms with E-state index < -0.39 is 0 Å². The van der Waals surface area contributed by atoms with Crippen LogP contribution in [0.5, 0.6) is 0 Å². The summed E-state index contributed by atoms with van der Waals surface area (Å²) in [6.07, 6.45) is 11.2. The summed E-state index contributed by atoms with van der Waals surface area (Å²) in [7, 11) is 1.96. The van der Waals surface area contributed by atoms with Crippen LogP contribution in [0.25, 0.3) is 0 Å². The van der Waals surface area contributed by atoms with Crippen LogP contribution in [0.1, 0.15) is 43.2 Å². The van der Waals surface area contributed by atoms with Gasteiger partial charge in [-0.1, -0.05) is 43.2 Å². The molecule has 1 aromatic heterocycles. The Morgan fingerprint density at radius 3 is 2.57 bits per heavy atom. The topological polar surface area (TPSA) is 43.8 Å². The maximum atomic E-state index is 6.67. The first-order chi connectivity index (χ1) is 10.2. The normalized spacial score (nSPS) is 18.8. The zero-order valence-corrected chi connectivity index (χ0v) is 12.8. The van der Waals surface area contributed by atoms with E-state index in [1.807, 2.05) is 17.9 Å². The van der Waals surface area contributed by atoms with Crippen LogP contribution in [-0.4, -0.2) is 15.8 Å². The first-order valence-electron chi connectivity index (χ1n) is 7.99. The van der Waals surface area contributed by atoms with Crippen LogP contribution < -0.4 is 5.73 Å². The summed E-state index contributed by atoms with van der Waals surface area (Å²) in [4.78, 5) is 0. The molecular weight excluding hydrogens is 258 g/mol. The minimum Gasteiger partial charge on any atom is -0.327 e. The number of aromatic nitrogens is 2. The molecule has 0 saturated heterocycles. The molecule has 3 heteroatoms. The molecule has 1 atom stereocenters. The molecule has 112 valence electrons. The number of aryl methyl sites for hydroxylation is 2. The van der Waals surface area contributed by atoms with Gasteiger partial charge < -0.3 is 5.73 Å². The number of hydrogen-bond donors (Lipinski definition) is 1. The van der Waals surface area contributed by atoms with E-state index in [4.69, 9.17) is 5.73 Å². The monoisotopic (exact) mass is 283 g/mol. The third-order valence-corrected chi connectivity index (χ3v) is 5.06. The molecule has 1 fully saturated rings. The van der Waals surface area contributed by atoms with Gasteiger partial charge in [0.15, 0.2) is 0 Å². The molecule has 2 aromatic rings. The number of nitrogens with zero attached hydrogens (tertiary/aromatic N) is 2. The second-order valence-corrected chi connectivity index (χ2v) is 6.40. The highest BCUT2D eigenvalue weighted by Gasteiger charge is 2.40. The minimum atomic E-state index is 0.184. The van der Waals surface area contributed by atoms with E-state index in [0.717, 1.165) is 12.8 Å². The van der Waals surface area contributed by atoms with Crippen molar-refractivity contribution < 1.29 is 0 Å². The van der Waals surface area contributed by atoms with E-state index in [2.05, 4.69) is 41.6 Å². The van der Waals surface area contributed by atoms with E-state index in [9.17, 15) is 0 Å². The standard InChI is InChI=1S/C18H25N3/c1-21-14-15(13-20-21)9-10-17(19)18(11-5-6-12-18)16-7-3-2-4-8-16/h2-4,7-8,13-14,17H,5-6,9-12,19H2,1H3. The van der Waals surface area contributed by atoms with E-state index in [0.29, 0.717) is 0 Å². The fourth-order valence-electron chi connectivity index (χ4n) is 3.85. The lowest BCUT2D eigenvalue weighted by Crippen LogP contribution is -2.43. The summed E-state index contributed by atoms with van der Waals surface area (Å²) in [6, 6.07) is 11.1. The van der Waals surface area contributed by atoms with Crippen molar-refractivity contribution in [2.75, 3.05) is 0 Å². The molecule has 0 amide bonds. The molecule has 1 aliphatic carbocycles. The highest BCUT2D eigenvalue weighted by Crippen LogP contribution is 2.44. The molecule has 0 spiro atoms. The lowest BCUT2D eigenvalue weighted by molar-refractivity contribution is 0.334. The average Bonchev–Trinajstić information content (AvgIpc) is 3.15. The summed E-state index contributed by atoms with van der Waals surface area (Å²) in [6.45, 7) is 0. The van der Waals surface area contributed by atoms with Gasteiger partial charge in [-0.2, -0.15) is 5.10 Å². The first kappa shape index (κ1) is 14.3. The van der Waals surface area contributed by atoms with Crippen LogP contribution in [0.4, 0.5) is 0 Å². The van der Waals surface area contributed by atoms with Crippen molar-refractivity contribution in [2.24, 2.45) is 12.8 Å². The van der Waals surface area contributed by atoms with Crippen molar-refractivity contribution in [3.05, 3.63) is 53.9 Å². The number of benzene rings is 1. The van der Waals surface area contributed by atoms with Crippen molar-refractivity contribution in [1.29, 1.82) is 0 Å². The first-order valence-corrected chi connectivity index (χ1v) is 7.99. The van der Waals surface area contributed by atoms with E-state index in [1.165, 1.54) is 36.8 Å². The second-order valence-electron chi connectivity index (χ2n) is 6.40. The van der Waals surface area contributed by atoms with Crippen LogP contribution in [-0.2, 0) is 18.9 Å². The summed E-state index contributed by atoms with van der Waals surface area (Å²) < 4.78 is 1.86. The molecule has 3 rings (SSSR count). The van der Waals surface area contributed by atoms with Gasteiger partial charge in [-0.3, -0.25) is 4.68 Å². The maximum Gasteiger partial charge on any atom is 0.0521 e. The highest BCUT2D eigenvalue weighted by molar-refractivity contribution is 5.29. The zero-order valence-electron chi connectivity index (χ0n) is 12.8. The quantitative estimate of drug-likeness (QED) is 0.916. The summed E-state index contributed by atoms with van der Waals surface area (Å²) in [5.74, 6) is 0. The largest absolute Gasteiger partial charge is 0.327 e. The predicted octanol–water partition coefficient (Wildman–Crippen LogP) is 3.19. The average molecular weight is 283 g/mol. The van der Waals surface area contributed by atoms with Crippen LogP contribution in [0.2, 0.25) is 0 Å². The number of rotatable bonds is 5. The molecule has 1 aromatic carbocycles. The van der Waals surface area contributed by atoms with E-state index >= 15 is 0 Å². The van der Waals surface area contributed by atoms with E-state index in [-0.39, 0.29) is 11.5 Å². The van der Waals surface area contributed by atoms with Crippen LogP contribution in [0.3, 0.4) is 0 Å². The van der Waals surface area contributed by atoms with Crippen molar-refractivity contribution in [2.45, 2.75) is 50.0 Å². The van der Waals surface area contributed by atoms with Crippen molar-refractivity contribution >= 4 is 0 Å². The zero-order chi connectivity index (χ0) is 14.7. The van der Waals surface area contributed by atoms with Gasteiger partial charge in [-0.15, -0.1) is 0 Å². The molecule has 0 bridgehead atoms. The van der Waals surface area contributed by atoms with Gasteiger partial charge in [0.1, 0.15) is 0 Å². The molecule has 1 unspecified atom stereocenters. The molecule has 1 aliphatic rings. The summed E-state index contributed by atoms with van der Waals surface area (Å²) in [5, 5.41) is 4.24. The Balaban J connectivity index is 1.74. The molecule has 1 saturated carbocycles. The van der Waals surface area contributed by atoms with Crippen LogP contribution in [0, 0.1) is 0 Å². The van der Waals surface area contributed by atoms with Gasteiger partial charge in [0.05, 0.1) is 6.20 Å². The van der Waals surface area contributed by atoms with Crippen LogP contribution >= 0.6 is 0 Å². The van der Waals surface area contributed by atoms with Gasteiger partial charge >= 0.3 is 0 Å². The van der Waals surface area contributed by atoms with Crippen LogP contribution in [0.15, 0.2) is 42.7 Å². The Hall–Kier alpha value is -1.61. The Morgan fingerprint density at radius 2 is 1.95 bits per heavy atom. The fourth-order valence-corrected chi connectivity index (χ4v) is 3.85. The van der Waals surface area contributed by atoms with Crippen molar-refractivity contribution in [1.82, 2.24) is 9.78 Å². The summed E-state index contributed by atoms with van der Waals surface area (Å²) >= 11 is 0. The second kappa shape index (κ2) is 6.02. The Bertz CT molecular complexity index is 567. The summed E-state index contributed by atoms with van der Waals surface area (Å²) in [5.41, 5.74) is 9.58. The Morgan fingerprint density at radius 1 is 1.24 bits per heavy atom. The minimum absolute atomic E-state index is 0.184. The van der Waals surface area contributed by atoms with Gasteiger partial charge in [-0.25, -0.2) is 0 Å². The fraction of sp³-hybridized carbons (Fsp3) is 0.500. The molecule has 1 heterocycles. The van der Waals surface area contributed by atoms with Gasteiger partial charge in [0.2, 0.25) is 0 Å². The van der Waals surface area contributed by atoms with Gasteiger partial charge in [-0.05, 0) is 36.8 Å². The highest BCUT2D eigenvalue weighted by atomic mass is 15.2. The smallest absolute Gasteiger partial charge is 0.0521 e. The van der Waals surface area contributed by atoms with Gasteiger partial charge in [0.25, 0.3) is 0 Å². The SMILES string of the molecule is Cn1cc(CCC(N)C2(c3ccccc3)CCCC2)cn1. The van der Waals surface area contributed by atoms with E-state index in [1.54, 1.807) is 0 Å². The third kappa shape index (κ3) is 2.88. The lowest BCUT2D eigenvalue weighted by Gasteiger charge is -2.36. The van der Waals surface area contributed by atoms with Crippen molar-refractivity contribution in [3.8, 4) is 0 Å². The molecule has 2 N–H and O–H groups in total. The Labute approximate surface area is 127 Å². The molecular formula is C18H25N3. The maximum absolute atomic E-state index is 6.67. The lowest BCUT2D eigenvalue weighted by atomic mass is 9.71. The number of hydrogen-bond acceptors (Lipinski definition) is 2. The Kier molecular flexibility index (Phi) is 4.11. The molecule has 0 aliphatic heterocycles. The molecule has 21 heavy (non-hydrogen) atoms. The molecule has 0 radical (unpaired) electrons. The number of nitrogens with two attached hydrogens (primary N) is 1. The third-order valence-electron chi connectivity index (χ3n) is 5.06. The van der Waals surface area contributed by atoms with Gasteiger partial charge in [0, 0.05) is 24.7 Å². The predicted molar refractivity (Wildman–Crippen MR) is 86.1 cm³/mol. The van der Waals surface area contributed by atoms with Crippen molar-refractivity contribution in [3.63, 3.8) is 0 Å². The molecule has 3 nitrogen and oxygen atoms in total.